The van der Waals surface area contributed by atoms with Gasteiger partial charge < -0.3 is 19.8 Å². The average Bonchev–Trinajstić information content (AvgIpc) is 3.12. The number of sulfone groups is 1. The van der Waals surface area contributed by atoms with E-state index < -0.39 is 9.84 Å². The van der Waals surface area contributed by atoms with Gasteiger partial charge >= 0.3 is 0 Å². The molecule has 8 heteroatoms. The third-order valence-corrected chi connectivity index (χ3v) is 6.64. The van der Waals surface area contributed by atoms with Crippen molar-refractivity contribution in [3.05, 3.63) is 46.5 Å². The van der Waals surface area contributed by atoms with Crippen LogP contribution in [-0.4, -0.2) is 42.0 Å². The summed E-state index contributed by atoms with van der Waals surface area (Å²) in [7, 11) is -3.41. The van der Waals surface area contributed by atoms with Gasteiger partial charge in [0.2, 0.25) is 0 Å². The van der Waals surface area contributed by atoms with Crippen molar-refractivity contribution in [2.75, 3.05) is 6.26 Å². The first kappa shape index (κ1) is 19.7. The Morgan fingerprint density at radius 2 is 1.79 bits per heavy atom. The molecule has 1 aliphatic rings. The normalized spacial score (nSPS) is 20.1. The summed E-state index contributed by atoms with van der Waals surface area (Å²) in [6.07, 6.45) is 7.03. The third kappa shape index (κ3) is 3.82. The second-order valence-electron chi connectivity index (χ2n) is 7.73. The van der Waals surface area contributed by atoms with Crippen molar-refractivity contribution >= 4 is 20.7 Å². The Morgan fingerprint density at radius 1 is 1.07 bits per heavy atom. The van der Waals surface area contributed by atoms with Gasteiger partial charge in [-0.15, -0.1) is 0 Å². The van der Waals surface area contributed by atoms with E-state index in [4.69, 9.17) is 4.74 Å². The van der Waals surface area contributed by atoms with Gasteiger partial charge in [-0.1, -0.05) is 0 Å². The molecule has 0 unspecified atom stereocenters. The molecule has 0 atom stereocenters. The minimum absolute atomic E-state index is 0.0454. The molecule has 2 aromatic heterocycles. The number of pyridine rings is 1. The first-order valence-corrected chi connectivity index (χ1v) is 11.5. The molecule has 154 valence electrons. The van der Waals surface area contributed by atoms with E-state index in [-0.39, 0.29) is 22.7 Å². The number of nitrogens with one attached hydrogen (secondary N) is 2. The predicted molar refractivity (Wildman–Crippen MR) is 111 cm³/mol. The van der Waals surface area contributed by atoms with Crippen LogP contribution in [0, 0.1) is 6.92 Å². The fourth-order valence-corrected chi connectivity index (χ4v) is 4.59. The first-order valence-electron chi connectivity index (χ1n) is 9.62. The lowest BCUT2D eigenvalue weighted by Gasteiger charge is -2.27. The van der Waals surface area contributed by atoms with Crippen LogP contribution in [0.3, 0.4) is 0 Å². The molecule has 0 aliphatic heterocycles. The molecule has 3 N–H and O–H groups in total. The van der Waals surface area contributed by atoms with E-state index in [0.717, 1.165) is 29.4 Å². The topological polar surface area (TPSA) is 112 Å². The smallest absolute Gasteiger partial charge is 0.272 e. The van der Waals surface area contributed by atoms with E-state index in [0.29, 0.717) is 29.7 Å². The summed E-state index contributed by atoms with van der Waals surface area (Å²) < 4.78 is 30.5. The number of rotatable bonds is 4. The Bertz CT molecular complexity index is 1220. The minimum atomic E-state index is -3.41. The monoisotopic (exact) mass is 416 g/mol. The van der Waals surface area contributed by atoms with E-state index in [1.807, 2.05) is 6.92 Å². The van der Waals surface area contributed by atoms with Crippen molar-refractivity contribution in [2.24, 2.45) is 0 Å². The second-order valence-corrected chi connectivity index (χ2v) is 9.75. The van der Waals surface area contributed by atoms with Gasteiger partial charge in [-0.25, -0.2) is 8.42 Å². The lowest BCUT2D eigenvalue weighted by Crippen LogP contribution is -2.26. The summed E-state index contributed by atoms with van der Waals surface area (Å²) in [6.45, 7) is 1.89. The van der Waals surface area contributed by atoms with Crippen LogP contribution in [0.1, 0.15) is 31.2 Å². The molecule has 1 saturated carbocycles. The van der Waals surface area contributed by atoms with Gasteiger partial charge in [0.15, 0.2) is 9.84 Å². The number of aromatic amines is 2. The highest BCUT2D eigenvalue weighted by Gasteiger charge is 2.24. The quantitative estimate of drug-likeness (QED) is 0.605. The third-order valence-electron chi connectivity index (χ3n) is 5.53. The molecule has 1 fully saturated rings. The Hall–Kier alpha value is -2.58. The highest BCUT2D eigenvalue weighted by Crippen LogP contribution is 2.38. The highest BCUT2D eigenvalue weighted by atomic mass is 32.2. The summed E-state index contributed by atoms with van der Waals surface area (Å²) in [4.78, 5) is 18.1. The molecule has 1 aliphatic carbocycles. The predicted octanol–water partition coefficient (Wildman–Crippen LogP) is 2.92. The standard InChI is InChI=1S/C21H24N2O5S/c1-12-10-23-21(25)20-19(12)17(11-22-20)16-9-15(29(2,26)27)7-8-18(16)28-14-5-3-13(24)4-6-14/h7-11,13-14,22,24H,3-6H2,1-2H3,(H,23,25). The maximum absolute atomic E-state index is 12.2. The van der Waals surface area contributed by atoms with E-state index >= 15 is 0 Å². The molecule has 1 aromatic carbocycles. The maximum atomic E-state index is 12.2. The average molecular weight is 416 g/mol. The molecule has 0 amide bonds. The summed E-state index contributed by atoms with van der Waals surface area (Å²) in [6, 6.07) is 4.82. The number of H-pyrrole nitrogens is 2. The van der Waals surface area contributed by atoms with Gasteiger partial charge in [0.05, 0.1) is 17.1 Å². The van der Waals surface area contributed by atoms with Crippen molar-refractivity contribution in [2.45, 2.75) is 49.7 Å². The van der Waals surface area contributed by atoms with E-state index in [9.17, 15) is 18.3 Å². The fourth-order valence-electron chi connectivity index (χ4n) is 3.94. The Kier molecular flexibility index (Phi) is 5.00. The second kappa shape index (κ2) is 7.35. The summed E-state index contributed by atoms with van der Waals surface area (Å²) >= 11 is 0. The van der Waals surface area contributed by atoms with Gasteiger partial charge in [0, 0.05) is 35.2 Å². The SMILES string of the molecule is Cc1c[nH]c(=O)c2[nH]cc(-c3cc(S(C)(=O)=O)ccc3OC3CCC(O)CC3)c12. The van der Waals surface area contributed by atoms with Gasteiger partial charge in [-0.05, 0) is 56.4 Å². The molecular weight excluding hydrogens is 392 g/mol. The van der Waals surface area contributed by atoms with Crippen LogP contribution in [0.5, 0.6) is 5.75 Å². The van der Waals surface area contributed by atoms with Gasteiger partial charge in [0.25, 0.3) is 5.56 Å². The van der Waals surface area contributed by atoms with Crippen LogP contribution in [0.2, 0.25) is 0 Å². The van der Waals surface area contributed by atoms with Crippen LogP contribution in [-0.2, 0) is 9.84 Å². The zero-order chi connectivity index (χ0) is 20.8. The number of aliphatic hydroxyl groups excluding tert-OH is 1. The molecule has 0 spiro atoms. The van der Waals surface area contributed by atoms with Gasteiger partial charge in [-0.2, -0.15) is 0 Å². The molecule has 4 rings (SSSR count). The molecule has 3 aromatic rings. The lowest BCUT2D eigenvalue weighted by molar-refractivity contribution is 0.0668. The van der Waals surface area contributed by atoms with Crippen molar-refractivity contribution in [3.63, 3.8) is 0 Å². The molecule has 0 saturated heterocycles. The molecule has 0 radical (unpaired) electrons. The van der Waals surface area contributed by atoms with E-state index in [1.165, 1.54) is 6.26 Å². The zero-order valence-electron chi connectivity index (χ0n) is 16.4. The van der Waals surface area contributed by atoms with Gasteiger partial charge in [0.1, 0.15) is 11.3 Å². The van der Waals surface area contributed by atoms with Gasteiger partial charge in [-0.3, -0.25) is 4.79 Å². The summed E-state index contributed by atoms with van der Waals surface area (Å²) in [5.41, 5.74) is 2.42. The number of hydrogen-bond donors (Lipinski definition) is 3. The number of benzene rings is 1. The number of aliphatic hydroxyl groups is 1. The Labute approximate surface area is 168 Å². The van der Waals surface area contributed by atoms with Crippen LogP contribution in [0.15, 0.2) is 40.3 Å². The number of fused-ring (bicyclic) bond motifs is 1. The highest BCUT2D eigenvalue weighted by molar-refractivity contribution is 7.90. The number of aromatic nitrogens is 2. The first-order chi connectivity index (χ1) is 13.7. The van der Waals surface area contributed by atoms with Crippen molar-refractivity contribution < 1.29 is 18.3 Å². The number of hydrogen-bond acceptors (Lipinski definition) is 5. The summed E-state index contributed by atoms with van der Waals surface area (Å²) in [5.74, 6) is 0.569. The summed E-state index contributed by atoms with van der Waals surface area (Å²) in [5, 5.41) is 10.5. The van der Waals surface area contributed by atoms with E-state index in [1.54, 1.807) is 30.6 Å². The van der Waals surface area contributed by atoms with Crippen molar-refractivity contribution in [1.29, 1.82) is 0 Å². The molecular formula is C21H24N2O5S. The molecule has 29 heavy (non-hydrogen) atoms. The number of aryl methyl sites for hydroxylation is 1. The fraction of sp³-hybridized carbons (Fsp3) is 0.381. The molecule has 7 nitrogen and oxygen atoms in total. The number of ether oxygens (including phenoxy) is 1. The zero-order valence-corrected chi connectivity index (χ0v) is 17.2. The van der Waals surface area contributed by atoms with Crippen molar-refractivity contribution in [3.8, 4) is 16.9 Å². The van der Waals surface area contributed by atoms with Crippen LogP contribution in [0.4, 0.5) is 0 Å². The maximum Gasteiger partial charge on any atom is 0.272 e. The van der Waals surface area contributed by atoms with Crippen LogP contribution < -0.4 is 10.3 Å². The van der Waals surface area contributed by atoms with Crippen LogP contribution in [0.25, 0.3) is 22.0 Å². The van der Waals surface area contributed by atoms with Crippen molar-refractivity contribution in [1.82, 2.24) is 9.97 Å². The lowest BCUT2D eigenvalue weighted by atomic mass is 9.95. The largest absolute Gasteiger partial charge is 0.490 e. The molecule has 2 heterocycles. The minimum Gasteiger partial charge on any atom is -0.490 e. The van der Waals surface area contributed by atoms with E-state index in [2.05, 4.69) is 9.97 Å². The molecule has 0 bridgehead atoms. The van der Waals surface area contributed by atoms with Crippen LogP contribution >= 0.6 is 0 Å². The Morgan fingerprint density at radius 3 is 2.48 bits per heavy atom. The Balaban J connectivity index is 1.86.